The number of nitrogens with one attached hydrogen (secondary N) is 1. The van der Waals surface area contributed by atoms with Gasteiger partial charge in [-0.1, -0.05) is 0 Å². The number of hydrogen-bond donors (Lipinski definition) is 0. The van der Waals surface area contributed by atoms with Gasteiger partial charge in [0.1, 0.15) is 0 Å². The molecule has 0 aromatic carbocycles. The molecule has 0 spiro atoms. The minimum atomic E-state index is 0. The van der Waals surface area contributed by atoms with E-state index in [1.54, 1.807) is 0 Å². The average Bonchev–Trinajstić information content (AvgIpc) is 2.22. The Morgan fingerprint density at radius 3 is 2.20 bits per heavy atom. The largest absolute Gasteiger partial charge is 1.00 e. The molecule has 0 unspecified atom stereocenters. The van der Waals surface area contributed by atoms with Crippen molar-refractivity contribution in [2.75, 3.05) is 60.5 Å². The number of morpholine rings is 1. The molecule has 0 aromatic rings. The summed E-state index contributed by atoms with van der Waals surface area (Å²) in [6, 6.07) is 0. The Hall–Kier alpha value is 1.48. The molecule has 0 aromatic heterocycles. The van der Waals surface area contributed by atoms with Crippen molar-refractivity contribution in [2.24, 2.45) is 0 Å². The van der Waals surface area contributed by atoms with Crippen LogP contribution in [-0.4, -0.2) is 70.3 Å². The minimum Gasteiger partial charge on any atom is -0.680 e. The third kappa shape index (κ3) is 11.7. The zero-order valence-electron chi connectivity index (χ0n) is 10.8. The summed E-state index contributed by atoms with van der Waals surface area (Å²) in [6.07, 6.45) is 1.27. The molecule has 1 aliphatic heterocycles. The van der Waals surface area contributed by atoms with Gasteiger partial charge in [0.25, 0.3) is 0 Å². The van der Waals surface area contributed by atoms with Crippen LogP contribution < -0.4 is 51.4 Å². The predicted molar refractivity (Wildman–Crippen MR) is 60.7 cm³/mol. The second kappa shape index (κ2) is 13.5. The van der Waals surface area contributed by atoms with Crippen molar-refractivity contribution in [1.82, 2.24) is 9.80 Å². The Morgan fingerprint density at radius 1 is 1.20 bits per heavy atom. The minimum absolute atomic E-state index is 0. The fourth-order valence-corrected chi connectivity index (χ4v) is 1.44. The number of rotatable bonds is 4. The molecule has 1 fully saturated rings. The van der Waals surface area contributed by atoms with Crippen LogP contribution in [0.1, 0.15) is 6.42 Å². The monoisotopic (exact) mass is 241 g/mol. The first-order valence-electron chi connectivity index (χ1n) is 5.24. The molecule has 0 amide bonds. The summed E-state index contributed by atoms with van der Waals surface area (Å²) < 4.78 is 5.28. The number of hydrogen-bond acceptors (Lipinski definition) is 3. The van der Waals surface area contributed by atoms with Crippen LogP contribution in [0.4, 0.5) is 0 Å². The molecule has 15 heavy (non-hydrogen) atoms. The van der Waals surface area contributed by atoms with Crippen molar-refractivity contribution in [3.05, 3.63) is 5.73 Å². The molecular formula is C10H24KN3O. The van der Waals surface area contributed by atoms with E-state index in [0.29, 0.717) is 0 Å². The molecule has 4 nitrogen and oxygen atoms in total. The normalized spacial score (nSPS) is 16.6. The number of nitrogens with zero attached hydrogens (tertiary/aromatic N) is 2. The van der Waals surface area contributed by atoms with Crippen molar-refractivity contribution < 1.29 is 56.1 Å². The van der Waals surface area contributed by atoms with Gasteiger partial charge in [0.2, 0.25) is 0 Å². The second-order valence-electron chi connectivity index (χ2n) is 3.61. The average molecular weight is 241 g/mol. The molecule has 0 saturated carbocycles. The first kappa shape index (κ1) is 18.8. The molecule has 1 rings (SSSR count). The van der Waals surface area contributed by atoms with Crippen LogP contribution in [-0.2, 0) is 4.74 Å². The summed E-state index contributed by atoms with van der Waals surface area (Å²) in [5.74, 6) is 0. The SMILES string of the molecule is CN(C)CCCN1CCOCC1.C[NH-].[K+]. The zero-order valence-corrected chi connectivity index (χ0v) is 13.9. The van der Waals surface area contributed by atoms with Gasteiger partial charge in [-0.2, -0.15) is 7.05 Å². The van der Waals surface area contributed by atoms with E-state index >= 15 is 0 Å². The topological polar surface area (TPSA) is 39.5 Å². The third-order valence-corrected chi connectivity index (χ3v) is 2.18. The Morgan fingerprint density at radius 2 is 1.73 bits per heavy atom. The van der Waals surface area contributed by atoms with Gasteiger partial charge >= 0.3 is 51.4 Å². The van der Waals surface area contributed by atoms with Crippen LogP contribution in [0.3, 0.4) is 0 Å². The van der Waals surface area contributed by atoms with E-state index in [4.69, 9.17) is 10.5 Å². The van der Waals surface area contributed by atoms with Crippen LogP contribution >= 0.6 is 0 Å². The van der Waals surface area contributed by atoms with Crippen molar-refractivity contribution >= 4 is 0 Å². The third-order valence-electron chi connectivity index (χ3n) is 2.18. The number of ether oxygens (including phenoxy) is 1. The molecule has 86 valence electrons. The van der Waals surface area contributed by atoms with Gasteiger partial charge in [-0.05, 0) is 33.6 Å². The maximum absolute atomic E-state index is 5.75. The van der Waals surface area contributed by atoms with Crippen molar-refractivity contribution in [2.45, 2.75) is 6.42 Å². The Kier molecular flexibility index (Phi) is 17.0. The van der Waals surface area contributed by atoms with Crippen molar-refractivity contribution in [3.63, 3.8) is 0 Å². The molecule has 0 atom stereocenters. The summed E-state index contributed by atoms with van der Waals surface area (Å²) in [7, 11) is 5.50. The molecule has 1 aliphatic rings. The molecular weight excluding hydrogens is 217 g/mol. The Bertz CT molecular complexity index is 119. The summed E-state index contributed by atoms with van der Waals surface area (Å²) in [4.78, 5) is 4.72. The second-order valence-corrected chi connectivity index (χ2v) is 3.61. The molecule has 1 saturated heterocycles. The van der Waals surface area contributed by atoms with Gasteiger partial charge in [-0.15, -0.1) is 0 Å². The van der Waals surface area contributed by atoms with Crippen LogP contribution in [0.25, 0.3) is 5.73 Å². The van der Waals surface area contributed by atoms with E-state index in [1.807, 2.05) is 0 Å². The molecule has 1 N–H and O–H groups in total. The first-order valence-corrected chi connectivity index (χ1v) is 5.24. The predicted octanol–water partition coefficient (Wildman–Crippen LogP) is -2.06. The van der Waals surface area contributed by atoms with Gasteiger partial charge in [0.05, 0.1) is 13.2 Å². The van der Waals surface area contributed by atoms with E-state index in [1.165, 1.54) is 26.6 Å². The van der Waals surface area contributed by atoms with Gasteiger partial charge in [-0.3, -0.25) is 4.90 Å². The van der Waals surface area contributed by atoms with Crippen molar-refractivity contribution in [1.29, 1.82) is 0 Å². The fraction of sp³-hybridized carbons (Fsp3) is 1.00. The quantitative estimate of drug-likeness (QED) is 0.532. The van der Waals surface area contributed by atoms with Crippen molar-refractivity contribution in [3.8, 4) is 0 Å². The zero-order chi connectivity index (χ0) is 10.8. The van der Waals surface area contributed by atoms with Gasteiger partial charge in [-0.25, -0.2) is 0 Å². The summed E-state index contributed by atoms with van der Waals surface area (Å²) >= 11 is 0. The van der Waals surface area contributed by atoms with E-state index in [-0.39, 0.29) is 51.4 Å². The molecule has 0 aliphatic carbocycles. The van der Waals surface area contributed by atoms with Crippen LogP contribution in [0.15, 0.2) is 0 Å². The molecule has 1 heterocycles. The Labute approximate surface area is 137 Å². The fourth-order valence-electron chi connectivity index (χ4n) is 1.44. The first-order chi connectivity index (χ1) is 6.79. The summed E-state index contributed by atoms with van der Waals surface area (Å²) in [5.41, 5.74) is 5.75. The van der Waals surface area contributed by atoms with E-state index in [2.05, 4.69) is 23.9 Å². The van der Waals surface area contributed by atoms with Gasteiger partial charge < -0.3 is 15.4 Å². The molecule has 0 radical (unpaired) electrons. The summed E-state index contributed by atoms with van der Waals surface area (Å²) in [6.45, 7) is 6.49. The maximum atomic E-state index is 5.75. The smallest absolute Gasteiger partial charge is 0.680 e. The molecule has 0 bridgehead atoms. The maximum Gasteiger partial charge on any atom is 1.00 e. The van der Waals surface area contributed by atoms with Crippen LogP contribution in [0, 0.1) is 0 Å². The van der Waals surface area contributed by atoms with E-state index in [0.717, 1.165) is 26.3 Å². The molecule has 5 heteroatoms. The van der Waals surface area contributed by atoms with Crippen LogP contribution in [0.2, 0.25) is 0 Å². The van der Waals surface area contributed by atoms with Crippen LogP contribution in [0.5, 0.6) is 0 Å². The van der Waals surface area contributed by atoms with E-state index in [9.17, 15) is 0 Å². The Balaban J connectivity index is 0. The summed E-state index contributed by atoms with van der Waals surface area (Å²) in [5, 5.41) is 0. The van der Waals surface area contributed by atoms with E-state index < -0.39 is 0 Å². The standard InChI is InChI=1S/C9H20N2O.CH4N.K/c1-10(2)4-3-5-11-6-8-12-9-7-11;1-2;/h3-9H2,1-2H3;2H,1H3;/q;-1;+1. The van der Waals surface area contributed by atoms with Gasteiger partial charge in [0, 0.05) is 13.1 Å². The van der Waals surface area contributed by atoms with Gasteiger partial charge in [0.15, 0.2) is 0 Å².